The van der Waals surface area contributed by atoms with Gasteiger partial charge in [-0.15, -0.1) is 0 Å². The molecule has 2 heterocycles. The Hall–Kier alpha value is -1.74. The Morgan fingerprint density at radius 3 is 1.93 bits per heavy atom. The van der Waals surface area contributed by atoms with E-state index >= 15 is 0 Å². The minimum absolute atomic E-state index is 0.415. The van der Waals surface area contributed by atoms with Crippen LogP contribution in [0.25, 0.3) is 0 Å². The van der Waals surface area contributed by atoms with Crippen LogP contribution >= 0.6 is 31.9 Å². The summed E-state index contributed by atoms with van der Waals surface area (Å²) in [6.07, 6.45) is 0.994. The van der Waals surface area contributed by atoms with Crippen molar-refractivity contribution in [2.24, 2.45) is 5.92 Å². The third-order valence-electron chi connectivity index (χ3n) is 5.20. The lowest BCUT2D eigenvalue weighted by Gasteiger charge is -2.38. The zero-order valence-corrected chi connectivity index (χ0v) is 18.0. The first-order valence-electron chi connectivity index (χ1n) is 8.93. The lowest BCUT2D eigenvalue weighted by Crippen LogP contribution is -2.57. The largest absolute Gasteiger partial charge is 0.381 e. The Kier molecular flexibility index (Phi) is 5.30. The smallest absolute Gasteiger partial charge is 0.338 e. The summed E-state index contributed by atoms with van der Waals surface area (Å²) in [7, 11) is 0. The van der Waals surface area contributed by atoms with Gasteiger partial charge in [-0.3, -0.25) is 9.69 Å². The highest BCUT2D eigenvalue weighted by Gasteiger charge is 2.61. The molecule has 28 heavy (non-hydrogen) atoms. The zero-order chi connectivity index (χ0) is 19.9. The topological polar surface area (TPSA) is 70.1 Å². The molecule has 2 fully saturated rings. The number of benzene rings is 2. The maximum Gasteiger partial charge on any atom is 0.338 e. The van der Waals surface area contributed by atoms with E-state index in [-0.39, 0.29) is 0 Å². The summed E-state index contributed by atoms with van der Waals surface area (Å²) < 4.78 is 7.07. The molecule has 6 nitrogen and oxygen atoms in total. The van der Waals surface area contributed by atoms with Crippen molar-refractivity contribution in [3.05, 3.63) is 57.5 Å². The van der Waals surface area contributed by atoms with Gasteiger partial charge < -0.3 is 9.84 Å². The lowest BCUT2D eigenvalue weighted by atomic mass is 9.86. The fourth-order valence-electron chi connectivity index (χ4n) is 3.77. The molecule has 8 heteroatoms. The number of hydrogen-bond donors (Lipinski definition) is 1. The molecule has 146 valence electrons. The van der Waals surface area contributed by atoms with Crippen molar-refractivity contribution in [1.82, 2.24) is 0 Å². The van der Waals surface area contributed by atoms with Crippen LogP contribution in [0.15, 0.2) is 57.5 Å². The molecule has 2 aromatic carbocycles. The molecule has 0 saturated carbocycles. The molecule has 1 atom stereocenters. The third-order valence-corrected chi connectivity index (χ3v) is 6.26. The van der Waals surface area contributed by atoms with E-state index in [1.54, 1.807) is 48.5 Å². The predicted molar refractivity (Wildman–Crippen MR) is 112 cm³/mol. The van der Waals surface area contributed by atoms with Gasteiger partial charge in [-0.2, -0.15) is 0 Å². The highest BCUT2D eigenvalue weighted by atomic mass is 79.9. The summed E-state index contributed by atoms with van der Waals surface area (Å²) in [5, 5.41) is 11.7. The molecule has 0 bridgehead atoms. The summed E-state index contributed by atoms with van der Waals surface area (Å²) in [5.74, 6) is -1.04. The van der Waals surface area contributed by atoms with Crippen LogP contribution in [0.1, 0.15) is 12.8 Å². The van der Waals surface area contributed by atoms with Gasteiger partial charge in [0, 0.05) is 33.8 Å². The van der Waals surface area contributed by atoms with Crippen LogP contribution < -0.4 is 9.80 Å². The number of rotatable bonds is 3. The van der Waals surface area contributed by atoms with Crippen molar-refractivity contribution in [2.45, 2.75) is 18.6 Å². The minimum atomic E-state index is -1.96. The number of ether oxygens (including phenoxy) is 1. The molecule has 2 aromatic rings. The summed E-state index contributed by atoms with van der Waals surface area (Å²) in [5.41, 5.74) is -1.07. The Bertz CT molecular complexity index is 897. The Labute approximate surface area is 179 Å². The van der Waals surface area contributed by atoms with E-state index < -0.39 is 23.6 Å². The molecule has 1 unspecified atom stereocenters. The molecule has 2 aliphatic rings. The standard InChI is InChI=1S/C20H18Br2N2O4/c21-14-1-5-16(6-2-14)23-18(25)20(27,13-9-11-28-12-10-13)24(19(23)26)17-7-3-15(22)4-8-17/h1-8,13,27H,9-12H2. The van der Waals surface area contributed by atoms with Gasteiger partial charge >= 0.3 is 6.03 Å². The molecular formula is C20H18Br2N2O4. The number of hydrogen-bond acceptors (Lipinski definition) is 4. The molecule has 0 aliphatic carbocycles. The number of carbonyl (C=O) groups is 2. The predicted octanol–water partition coefficient (Wildman–Crippen LogP) is 4.30. The zero-order valence-electron chi connectivity index (χ0n) is 14.8. The van der Waals surface area contributed by atoms with Gasteiger partial charge in [0.1, 0.15) is 0 Å². The Balaban J connectivity index is 1.82. The van der Waals surface area contributed by atoms with Crippen molar-refractivity contribution >= 4 is 55.2 Å². The van der Waals surface area contributed by atoms with E-state index in [0.29, 0.717) is 37.4 Å². The molecule has 4 rings (SSSR count). The Morgan fingerprint density at radius 1 is 0.893 bits per heavy atom. The van der Waals surface area contributed by atoms with E-state index in [1.807, 2.05) is 0 Å². The van der Waals surface area contributed by atoms with Gasteiger partial charge in [-0.25, -0.2) is 9.69 Å². The van der Waals surface area contributed by atoms with Gasteiger partial charge in [0.2, 0.25) is 5.72 Å². The van der Waals surface area contributed by atoms with Crippen molar-refractivity contribution in [3.8, 4) is 0 Å². The van der Waals surface area contributed by atoms with Crippen LogP contribution in [-0.2, 0) is 9.53 Å². The first-order chi connectivity index (χ1) is 13.4. The SMILES string of the molecule is O=C1N(c2ccc(Br)cc2)C(=O)C(O)(C2CCOCC2)N1c1ccc(Br)cc1. The number of aliphatic hydroxyl groups is 1. The molecular weight excluding hydrogens is 492 g/mol. The monoisotopic (exact) mass is 508 g/mol. The first kappa shape index (κ1) is 19.6. The Morgan fingerprint density at radius 2 is 1.39 bits per heavy atom. The fraction of sp³-hybridized carbons (Fsp3) is 0.300. The second-order valence-electron chi connectivity index (χ2n) is 6.82. The van der Waals surface area contributed by atoms with Gasteiger partial charge in [0.05, 0.1) is 5.69 Å². The maximum absolute atomic E-state index is 13.4. The molecule has 0 aromatic heterocycles. The second kappa shape index (κ2) is 7.59. The average molecular weight is 510 g/mol. The van der Waals surface area contributed by atoms with E-state index in [0.717, 1.165) is 13.8 Å². The third kappa shape index (κ3) is 3.18. The van der Waals surface area contributed by atoms with E-state index in [9.17, 15) is 14.7 Å². The fourth-order valence-corrected chi connectivity index (χ4v) is 4.29. The number of halogens is 2. The van der Waals surface area contributed by atoms with Crippen LogP contribution in [0.4, 0.5) is 16.2 Å². The number of carbonyl (C=O) groups excluding carboxylic acids is 2. The van der Waals surface area contributed by atoms with Crippen molar-refractivity contribution in [1.29, 1.82) is 0 Å². The normalized spacial score (nSPS) is 23.5. The number of imide groups is 1. The van der Waals surface area contributed by atoms with Gasteiger partial charge in [-0.1, -0.05) is 31.9 Å². The summed E-state index contributed by atoms with van der Waals surface area (Å²) in [6, 6.07) is 13.3. The van der Waals surface area contributed by atoms with Gasteiger partial charge in [0.15, 0.2) is 0 Å². The van der Waals surface area contributed by atoms with Crippen LogP contribution in [0.2, 0.25) is 0 Å². The van der Waals surface area contributed by atoms with Crippen LogP contribution in [-0.4, -0.2) is 36.0 Å². The lowest BCUT2D eigenvalue weighted by molar-refractivity contribution is -0.142. The van der Waals surface area contributed by atoms with Crippen LogP contribution in [0.5, 0.6) is 0 Å². The number of amides is 3. The van der Waals surface area contributed by atoms with Crippen LogP contribution in [0, 0.1) is 5.92 Å². The molecule has 0 radical (unpaired) electrons. The van der Waals surface area contributed by atoms with E-state index in [4.69, 9.17) is 4.74 Å². The van der Waals surface area contributed by atoms with E-state index in [1.165, 1.54) is 4.90 Å². The first-order valence-corrected chi connectivity index (χ1v) is 10.5. The van der Waals surface area contributed by atoms with Gasteiger partial charge in [0.25, 0.3) is 5.91 Å². The maximum atomic E-state index is 13.4. The summed E-state index contributed by atoms with van der Waals surface area (Å²) in [4.78, 5) is 29.1. The number of nitrogens with zero attached hydrogens (tertiary/aromatic N) is 2. The second-order valence-corrected chi connectivity index (χ2v) is 8.66. The molecule has 3 amide bonds. The minimum Gasteiger partial charge on any atom is -0.381 e. The van der Waals surface area contributed by atoms with Crippen molar-refractivity contribution in [2.75, 3.05) is 23.0 Å². The van der Waals surface area contributed by atoms with Crippen molar-refractivity contribution in [3.63, 3.8) is 0 Å². The van der Waals surface area contributed by atoms with Crippen LogP contribution in [0.3, 0.4) is 0 Å². The van der Waals surface area contributed by atoms with Crippen molar-refractivity contribution < 1.29 is 19.4 Å². The van der Waals surface area contributed by atoms with Gasteiger partial charge in [-0.05, 0) is 61.4 Å². The highest BCUT2D eigenvalue weighted by molar-refractivity contribution is 9.10. The number of urea groups is 1. The number of anilines is 2. The average Bonchev–Trinajstić information content (AvgIpc) is 2.91. The molecule has 2 aliphatic heterocycles. The quantitative estimate of drug-likeness (QED) is 0.626. The summed E-state index contributed by atoms with van der Waals surface area (Å²) in [6.45, 7) is 0.891. The molecule has 1 N–H and O–H groups in total. The van der Waals surface area contributed by atoms with E-state index in [2.05, 4.69) is 31.9 Å². The molecule has 0 spiro atoms. The summed E-state index contributed by atoms with van der Waals surface area (Å²) >= 11 is 6.74. The molecule has 2 saturated heterocycles. The highest BCUT2D eigenvalue weighted by Crippen LogP contribution is 2.42.